The molecule has 4 rings (SSSR count). The highest BCUT2D eigenvalue weighted by molar-refractivity contribution is 6.31. The van der Waals surface area contributed by atoms with Crippen molar-refractivity contribution >= 4 is 28.4 Å². The highest BCUT2D eigenvalue weighted by Crippen LogP contribution is 2.51. The lowest BCUT2D eigenvalue weighted by atomic mass is 9.75. The summed E-state index contributed by atoms with van der Waals surface area (Å²) in [4.78, 5) is 13.4. The Balaban J connectivity index is 1.73. The maximum atomic E-state index is 11.5. The van der Waals surface area contributed by atoms with E-state index in [-0.39, 0.29) is 11.8 Å². The number of aromatic nitrogens is 2. The second-order valence-electron chi connectivity index (χ2n) is 6.90. The SMILES string of the molecule is CC(=O)N1CCC(C2(C)[C@@H](O)c3cc(Cl)cc4cnn2c34)CC1. The normalized spacial score (nSPS) is 27.8. The number of aliphatic hydroxyl groups excluding tert-OH is 1. The van der Waals surface area contributed by atoms with Gasteiger partial charge >= 0.3 is 0 Å². The van der Waals surface area contributed by atoms with E-state index < -0.39 is 11.6 Å². The lowest BCUT2D eigenvalue weighted by Crippen LogP contribution is -2.47. The first-order chi connectivity index (χ1) is 10.9. The summed E-state index contributed by atoms with van der Waals surface area (Å²) in [5.41, 5.74) is 1.36. The van der Waals surface area contributed by atoms with Gasteiger partial charge in [0.1, 0.15) is 6.10 Å². The summed E-state index contributed by atoms with van der Waals surface area (Å²) in [6.45, 7) is 5.17. The Bertz CT molecular complexity index is 794. The van der Waals surface area contributed by atoms with Crippen LogP contribution in [0.5, 0.6) is 0 Å². The van der Waals surface area contributed by atoms with Gasteiger partial charge in [0.2, 0.25) is 5.91 Å². The van der Waals surface area contributed by atoms with Gasteiger partial charge in [-0.1, -0.05) is 11.6 Å². The van der Waals surface area contributed by atoms with Crippen molar-refractivity contribution in [3.8, 4) is 0 Å². The van der Waals surface area contributed by atoms with Crippen LogP contribution in [0.4, 0.5) is 0 Å². The highest BCUT2D eigenvalue weighted by Gasteiger charge is 2.50. The Kier molecular flexibility index (Phi) is 3.22. The van der Waals surface area contributed by atoms with Crippen LogP contribution in [0.15, 0.2) is 18.3 Å². The molecule has 0 radical (unpaired) electrons. The molecule has 1 unspecified atom stereocenters. The van der Waals surface area contributed by atoms with Crippen LogP contribution in [0.2, 0.25) is 5.02 Å². The molecule has 0 bridgehead atoms. The minimum Gasteiger partial charge on any atom is -0.386 e. The molecule has 1 fully saturated rings. The topological polar surface area (TPSA) is 58.4 Å². The van der Waals surface area contributed by atoms with Gasteiger partial charge in [-0.15, -0.1) is 0 Å². The number of nitrogens with zero attached hydrogens (tertiary/aromatic N) is 3. The first-order valence-electron chi connectivity index (χ1n) is 8.04. The summed E-state index contributed by atoms with van der Waals surface area (Å²) in [6, 6.07) is 3.74. The van der Waals surface area contributed by atoms with Crippen molar-refractivity contribution in [1.29, 1.82) is 0 Å². The Morgan fingerprint density at radius 1 is 1.39 bits per heavy atom. The number of hydrogen-bond acceptors (Lipinski definition) is 3. The molecule has 6 heteroatoms. The zero-order valence-corrected chi connectivity index (χ0v) is 14.0. The molecule has 2 atom stereocenters. The quantitative estimate of drug-likeness (QED) is 0.873. The van der Waals surface area contributed by atoms with Gasteiger partial charge in [-0.05, 0) is 37.8 Å². The van der Waals surface area contributed by atoms with Crippen LogP contribution in [0.1, 0.15) is 38.4 Å². The van der Waals surface area contributed by atoms with Crippen LogP contribution in [-0.4, -0.2) is 38.8 Å². The summed E-state index contributed by atoms with van der Waals surface area (Å²) >= 11 is 6.19. The van der Waals surface area contributed by atoms with Crippen molar-refractivity contribution in [2.24, 2.45) is 5.92 Å². The molecule has 0 aliphatic carbocycles. The van der Waals surface area contributed by atoms with Gasteiger partial charge in [-0.2, -0.15) is 5.10 Å². The highest BCUT2D eigenvalue weighted by atomic mass is 35.5. The molecule has 122 valence electrons. The smallest absolute Gasteiger partial charge is 0.219 e. The molecule has 1 aromatic heterocycles. The molecular formula is C17H20ClN3O2. The largest absolute Gasteiger partial charge is 0.386 e. The Morgan fingerprint density at radius 3 is 2.74 bits per heavy atom. The molecule has 1 saturated heterocycles. The Hall–Kier alpha value is -1.59. The minimum atomic E-state index is -0.624. The lowest BCUT2D eigenvalue weighted by Gasteiger charge is -2.42. The fourth-order valence-electron chi connectivity index (χ4n) is 4.34. The van der Waals surface area contributed by atoms with Crippen molar-refractivity contribution in [3.63, 3.8) is 0 Å². The summed E-state index contributed by atoms with van der Waals surface area (Å²) in [5, 5.41) is 17.2. The number of likely N-dealkylation sites (tertiary alicyclic amines) is 1. The molecule has 2 aliphatic rings. The Labute approximate surface area is 139 Å². The first kappa shape index (κ1) is 15.0. The zero-order chi connectivity index (χ0) is 16.4. The molecular weight excluding hydrogens is 314 g/mol. The average Bonchev–Trinajstić information content (AvgIpc) is 3.04. The number of piperidine rings is 1. The van der Waals surface area contributed by atoms with Gasteiger partial charge in [-0.3, -0.25) is 9.48 Å². The van der Waals surface area contributed by atoms with E-state index in [0.717, 1.165) is 42.4 Å². The van der Waals surface area contributed by atoms with Crippen molar-refractivity contribution in [2.75, 3.05) is 13.1 Å². The molecule has 1 amide bonds. The van der Waals surface area contributed by atoms with Crippen LogP contribution in [0.3, 0.4) is 0 Å². The van der Waals surface area contributed by atoms with Crippen LogP contribution < -0.4 is 0 Å². The van der Waals surface area contributed by atoms with Crippen molar-refractivity contribution in [1.82, 2.24) is 14.7 Å². The lowest BCUT2D eigenvalue weighted by molar-refractivity contribution is -0.131. The monoisotopic (exact) mass is 333 g/mol. The molecule has 0 spiro atoms. The summed E-state index contributed by atoms with van der Waals surface area (Å²) < 4.78 is 1.98. The zero-order valence-electron chi connectivity index (χ0n) is 13.3. The number of hydrogen-bond donors (Lipinski definition) is 1. The van der Waals surface area contributed by atoms with Crippen LogP contribution in [0.25, 0.3) is 10.9 Å². The van der Waals surface area contributed by atoms with E-state index in [1.54, 1.807) is 6.92 Å². The molecule has 5 nitrogen and oxygen atoms in total. The minimum absolute atomic E-state index is 0.122. The van der Waals surface area contributed by atoms with Gasteiger partial charge in [-0.25, -0.2) is 0 Å². The van der Waals surface area contributed by atoms with Crippen LogP contribution >= 0.6 is 11.6 Å². The first-order valence-corrected chi connectivity index (χ1v) is 8.42. The van der Waals surface area contributed by atoms with E-state index in [2.05, 4.69) is 12.0 Å². The predicted octanol–water partition coefficient (Wildman–Crippen LogP) is 2.71. The number of aliphatic hydroxyl groups is 1. The molecule has 23 heavy (non-hydrogen) atoms. The third-order valence-corrected chi connectivity index (χ3v) is 5.95. The van der Waals surface area contributed by atoms with Crippen molar-refractivity contribution < 1.29 is 9.90 Å². The molecule has 0 saturated carbocycles. The Morgan fingerprint density at radius 2 is 2.09 bits per heavy atom. The third-order valence-electron chi connectivity index (χ3n) is 5.73. The summed E-state index contributed by atoms with van der Waals surface area (Å²) in [5.74, 6) is 0.388. The number of carbonyl (C=O) groups is 1. The molecule has 3 heterocycles. The average molecular weight is 334 g/mol. The molecule has 2 aromatic rings. The fourth-order valence-corrected chi connectivity index (χ4v) is 4.58. The van der Waals surface area contributed by atoms with E-state index in [0.29, 0.717) is 5.02 Å². The van der Waals surface area contributed by atoms with Gasteiger partial charge < -0.3 is 10.0 Å². The van der Waals surface area contributed by atoms with Gasteiger partial charge in [0.05, 0.1) is 17.3 Å². The number of halogens is 1. The maximum absolute atomic E-state index is 11.5. The van der Waals surface area contributed by atoms with Crippen molar-refractivity contribution in [3.05, 3.63) is 28.9 Å². The summed E-state index contributed by atoms with van der Waals surface area (Å²) in [6.07, 6.45) is 2.94. The van der Waals surface area contributed by atoms with E-state index in [4.69, 9.17) is 11.6 Å². The van der Waals surface area contributed by atoms with E-state index in [9.17, 15) is 9.90 Å². The number of rotatable bonds is 1. The standard InChI is InChI=1S/C17H20ClN3O2/c1-10(22)20-5-3-12(4-6-20)17(2)16(23)14-8-13(18)7-11-9-19-21(17)15(11)14/h7-9,12,16,23H,3-6H2,1-2H3/t16-,17?/m0/s1. The van der Waals surface area contributed by atoms with E-state index in [1.807, 2.05) is 27.9 Å². The number of carbonyl (C=O) groups excluding carboxylic acids is 1. The van der Waals surface area contributed by atoms with Crippen LogP contribution in [-0.2, 0) is 10.3 Å². The van der Waals surface area contributed by atoms with Gasteiger partial charge in [0.15, 0.2) is 0 Å². The number of amides is 1. The second kappa shape index (κ2) is 4.95. The van der Waals surface area contributed by atoms with Gasteiger partial charge in [0.25, 0.3) is 0 Å². The van der Waals surface area contributed by atoms with Gasteiger partial charge in [0, 0.05) is 36.0 Å². The van der Waals surface area contributed by atoms with E-state index >= 15 is 0 Å². The maximum Gasteiger partial charge on any atom is 0.219 e. The predicted molar refractivity (Wildman–Crippen MR) is 88.3 cm³/mol. The van der Waals surface area contributed by atoms with Crippen molar-refractivity contribution in [2.45, 2.75) is 38.3 Å². The van der Waals surface area contributed by atoms with Crippen LogP contribution in [0, 0.1) is 5.92 Å². The van der Waals surface area contributed by atoms with E-state index in [1.165, 1.54) is 0 Å². The number of benzene rings is 1. The second-order valence-corrected chi connectivity index (χ2v) is 7.33. The fraction of sp³-hybridized carbons (Fsp3) is 0.529. The molecule has 2 aliphatic heterocycles. The third kappa shape index (κ3) is 1.96. The molecule has 1 aromatic carbocycles. The molecule has 1 N–H and O–H groups in total. The summed E-state index contributed by atoms with van der Waals surface area (Å²) in [7, 11) is 0.